The lowest BCUT2D eigenvalue weighted by Crippen LogP contribution is -2.30. The highest BCUT2D eigenvalue weighted by molar-refractivity contribution is 5.45. The Morgan fingerprint density at radius 1 is 1.33 bits per heavy atom. The fraction of sp³-hybridized carbons (Fsp3) is 0.400. The number of para-hydroxylation sites is 1. The van der Waals surface area contributed by atoms with Crippen LogP contribution in [0.3, 0.4) is 0 Å². The van der Waals surface area contributed by atoms with Crippen LogP contribution in [0.5, 0.6) is 0 Å². The van der Waals surface area contributed by atoms with Crippen molar-refractivity contribution in [2.24, 2.45) is 0 Å². The zero-order valence-electron chi connectivity index (χ0n) is 7.57. The van der Waals surface area contributed by atoms with Gasteiger partial charge in [-0.2, -0.15) is 0 Å². The molecule has 66 valence electrons. The van der Waals surface area contributed by atoms with Gasteiger partial charge in [-0.3, -0.25) is 0 Å². The molecule has 0 aliphatic heterocycles. The minimum absolute atomic E-state index is 0.382. The van der Waals surface area contributed by atoms with Crippen molar-refractivity contribution in [2.75, 3.05) is 11.9 Å². The molecule has 0 radical (unpaired) electrons. The van der Waals surface area contributed by atoms with Gasteiger partial charge in [-0.15, -0.1) is 0 Å². The van der Waals surface area contributed by atoms with Crippen LogP contribution in [0.15, 0.2) is 30.3 Å². The number of benzene rings is 1. The topological polar surface area (TPSA) is 23.5 Å². The number of nitrogens with zero attached hydrogens (tertiary/aromatic N) is 1. The molecular formula is C10H15NO. The average Bonchev–Trinajstić information content (AvgIpc) is 2.17. The van der Waals surface area contributed by atoms with Gasteiger partial charge in [0.25, 0.3) is 0 Å². The van der Waals surface area contributed by atoms with Gasteiger partial charge in [-0.1, -0.05) is 25.1 Å². The van der Waals surface area contributed by atoms with Gasteiger partial charge < -0.3 is 10.0 Å². The van der Waals surface area contributed by atoms with Crippen molar-refractivity contribution in [1.29, 1.82) is 0 Å². The largest absolute Gasteiger partial charge is 0.374 e. The summed E-state index contributed by atoms with van der Waals surface area (Å²) in [5.74, 6) is 0. The second-order valence-corrected chi connectivity index (χ2v) is 2.84. The highest BCUT2D eigenvalue weighted by atomic mass is 16.3. The Hall–Kier alpha value is -1.02. The Kier molecular flexibility index (Phi) is 3.11. The van der Waals surface area contributed by atoms with E-state index in [4.69, 9.17) is 0 Å². The Morgan fingerprint density at radius 3 is 2.42 bits per heavy atom. The van der Waals surface area contributed by atoms with Crippen LogP contribution in [0.25, 0.3) is 0 Å². The van der Waals surface area contributed by atoms with Crippen LogP contribution < -0.4 is 4.90 Å². The molecule has 0 saturated carbocycles. The van der Waals surface area contributed by atoms with Crippen LogP contribution in [0.2, 0.25) is 0 Å². The third-order valence-corrected chi connectivity index (χ3v) is 1.98. The van der Waals surface area contributed by atoms with Crippen molar-refractivity contribution in [3.8, 4) is 0 Å². The number of aliphatic hydroxyl groups excluding tert-OH is 1. The standard InChI is InChI=1S/C10H15NO/c1-3-10(12)11(2)9-7-5-4-6-8-9/h4-8,10,12H,3H2,1-2H3/t10-/m0/s1. The predicted molar refractivity (Wildman–Crippen MR) is 51.1 cm³/mol. The molecule has 2 heteroatoms. The molecule has 0 bridgehead atoms. The molecule has 0 spiro atoms. The molecule has 12 heavy (non-hydrogen) atoms. The zero-order valence-corrected chi connectivity index (χ0v) is 7.57. The fourth-order valence-corrected chi connectivity index (χ4v) is 1.11. The first-order valence-electron chi connectivity index (χ1n) is 4.21. The Morgan fingerprint density at radius 2 is 1.92 bits per heavy atom. The predicted octanol–water partition coefficient (Wildman–Crippen LogP) is 1.85. The van der Waals surface area contributed by atoms with E-state index in [1.807, 2.05) is 49.2 Å². The van der Waals surface area contributed by atoms with Gasteiger partial charge in [0.1, 0.15) is 6.23 Å². The van der Waals surface area contributed by atoms with E-state index in [0.29, 0.717) is 0 Å². The molecule has 1 rings (SSSR count). The first kappa shape index (κ1) is 9.07. The number of hydrogen-bond acceptors (Lipinski definition) is 2. The summed E-state index contributed by atoms with van der Waals surface area (Å²) in [7, 11) is 1.89. The average molecular weight is 165 g/mol. The van der Waals surface area contributed by atoms with Crippen LogP contribution in [0.4, 0.5) is 5.69 Å². The summed E-state index contributed by atoms with van der Waals surface area (Å²) in [6.07, 6.45) is 0.359. The maximum atomic E-state index is 9.51. The van der Waals surface area contributed by atoms with E-state index in [1.54, 1.807) is 0 Å². The van der Waals surface area contributed by atoms with E-state index >= 15 is 0 Å². The van der Waals surface area contributed by atoms with Crippen LogP contribution >= 0.6 is 0 Å². The third-order valence-electron chi connectivity index (χ3n) is 1.98. The van der Waals surface area contributed by atoms with E-state index in [2.05, 4.69) is 0 Å². The van der Waals surface area contributed by atoms with Gasteiger partial charge >= 0.3 is 0 Å². The van der Waals surface area contributed by atoms with Gasteiger partial charge in [-0.05, 0) is 18.6 Å². The molecular weight excluding hydrogens is 150 g/mol. The van der Waals surface area contributed by atoms with Crippen LogP contribution in [-0.4, -0.2) is 18.4 Å². The Labute approximate surface area is 73.4 Å². The smallest absolute Gasteiger partial charge is 0.126 e. The second-order valence-electron chi connectivity index (χ2n) is 2.84. The molecule has 1 aromatic rings. The van der Waals surface area contributed by atoms with E-state index < -0.39 is 0 Å². The number of anilines is 1. The van der Waals surface area contributed by atoms with E-state index in [9.17, 15) is 5.11 Å². The summed E-state index contributed by atoms with van der Waals surface area (Å²) in [5, 5.41) is 9.51. The first-order chi connectivity index (χ1) is 5.75. The van der Waals surface area contributed by atoms with Crippen LogP contribution in [-0.2, 0) is 0 Å². The molecule has 0 saturated heterocycles. The normalized spacial score (nSPS) is 12.6. The molecule has 1 N–H and O–H groups in total. The van der Waals surface area contributed by atoms with E-state index in [1.165, 1.54) is 0 Å². The molecule has 1 atom stereocenters. The van der Waals surface area contributed by atoms with Gasteiger partial charge in [0.05, 0.1) is 0 Å². The molecule has 0 amide bonds. The molecule has 0 fully saturated rings. The highest BCUT2D eigenvalue weighted by Crippen LogP contribution is 2.13. The molecule has 0 aromatic heterocycles. The summed E-state index contributed by atoms with van der Waals surface area (Å²) in [5.41, 5.74) is 1.05. The Balaban J connectivity index is 2.71. The maximum absolute atomic E-state index is 9.51. The summed E-state index contributed by atoms with van der Waals surface area (Å²) < 4.78 is 0. The van der Waals surface area contributed by atoms with Crippen LogP contribution in [0.1, 0.15) is 13.3 Å². The lowest BCUT2D eigenvalue weighted by molar-refractivity contribution is 0.170. The number of aliphatic hydroxyl groups is 1. The number of rotatable bonds is 3. The van der Waals surface area contributed by atoms with Gasteiger partial charge in [-0.25, -0.2) is 0 Å². The second kappa shape index (κ2) is 4.12. The summed E-state index contributed by atoms with van der Waals surface area (Å²) in [6, 6.07) is 9.87. The van der Waals surface area contributed by atoms with Crippen molar-refractivity contribution < 1.29 is 5.11 Å². The van der Waals surface area contributed by atoms with E-state index in [0.717, 1.165) is 12.1 Å². The van der Waals surface area contributed by atoms with Gasteiger partial charge in [0, 0.05) is 12.7 Å². The lowest BCUT2D eigenvalue weighted by atomic mass is 10.3. The SMILES string of the molecule is CC[C@H](O)N(C)c1ccccc1. The van der Waals surface area contributed by atoms with Gasteiger partial charge in [0.2, 0.25) is 0 Å². The third kappa shape index (κ3) is 1.98. The van der Waals surface area contributed by atoms with Crippen LogP contribution in [0, 0.1) is 0 Å². The Bertz CT molecular complexity index is 223. The summed E-state index contributed by atoms with van der Waals surface area (Å²) >= 11 is 0. The van der Waals surface area contributed by atoms with E-state index in [-0.39, 0.29) is 6.23 Å². The monoisotopic (exact) mass is 165 g/mol. The molecule has 0 unspecified atom stereocenters. The van der Waals surface area contributed by atoms with Crippen molar-refractivity contribution in [3.63, 3.8) is 0 Å². The minimum Gasteiger partial charge on any atom is -0.374 e. The fourth-order valence-electron chi connectivity index (χ4n) is 1.11. The molecule has 0 aliphatic rings. The molecule has 1 aromatic carbocycles. The van der Waals surface area contributed by atoms with Crippen molar-refractivity contribution >= 4 is 5.69 Å². The van der Waals surface area contributed by atoms with Crippen molar-refractivity contribution in [3.05, 3.63) is 30.3 Å². The van der Waals surface area contributed by atoms with Gasteiger partial charge in [0.15, 0.2) is 0 Å². The number of hydrogen-bond donors (Lipinski definition) is 1. The quantitative estimate of drug-likeness (QED) is 0.691. The summed E-state index contributed by atoms with van der Waals surface area (Å²) in [4.78, 5) is 1.86. The molecule has 0 heterocycles. The molecule has 2 nitrogen and oxygen atoms in total. The first-order valence-corrected chi connectivity index (χ1v) is 4.21. The zero-order chi connectivity index (χ0) is 8.97. The lowest BCUT2D eigenvalue weighted by Gasteiger charge is -2.24. The van der Waals surface area contributed by atoms with Crippen molar-refractivity contribution in [1.82, 2.24) is 0 Å². The summed E-state index contributed by atoms with van der Waals surface area (Å²) in [6.45, 7) is 1.96. The highest BCUT2D eigenvalue weighted by Gasteiger charge is 2.07. The maximum Gasteiger partial charge on any atom is 0.126 e. The van der Waals surface area contributed by atoms with Crippen molar-refractivity contribution in [2.45, 2.75) is 19.6 Å². The molecule has 0 aliphatic carbocycles. The minimum atomic E-state index is -0.382.